The summed E-state index contributed by atoms with van der Waals surface area (Å²) in [5.41, 5.74) is 5.42. The summed E-state index contributed by atoms with van der Waals surface area (Å²) >= 11 is 6.16. The van der Waals surface area contributed by atoms with Gasteiger partial charge in [0.1, 0.15) is 11.5 Å². The van der Waals surface area contributed by atoms with Crippen molar-refractivity contribution < 1.29 is 19.5 Å². The zero-order chi connectivity index (χ0) is 15.4. The molecule has 0 aliphatic carbocycles. The molecule has 1 aromatic rings. The van der Waals surface area contributed by atoms with E-state index in [0.29, 0.717) is 42.2 Å². The average molecular weight is 316 g/mol. The molecule has 9 nitrogen and oxygen atoms in total. The normalized spacial score (nSPS) is 14.6. The number of aromatic nitrogens is 1. The molecule has 0 unspecified atom stereocenters. The number of pyridine rings is 1. The molecule has 2 rings (SSSR count). The van der Waals surface area contributed by atoms with Crippen LogP contribution in [-0.4, -0.2) is 48.5 Å². The first-order chi connectivity index (χ1) is 9.99. The quantitative estimate of drug-likeness (QED) is 0.417. The molecule has 0 spiro atoms. The van der Waals surface area contributed by atoms with Crippen molar-refractivity contribution >= 4 is 35.2 Å². The van der Waals surface area contributed by atoms with E-state index in [-0.39, 0.29) is 5.69 Å². The van der Waals surface area contributed by atoms with Gasteiger partial charge in [0, 0.05) is 13.1 Å². The number of halogens is 1. The number of anilines is 2. The third-order valence-corrected chi connectivity index (χ3v) is 3.02. The van der Waals surface area contributed by atoms with Crippen molar-refractivity contribution in [2.75, 3.05) is 36.3 Å². The molecule has 1 aliphatic rings. The topological polar surface area (TPSA) is 125 Å². The highest BCUT2D eigenvalue weighted by atomic mass is 35.5. The molecule has 1 fully saturated rings. The lowest BCUT2D eigenvalue weighted by Gasteiger charge is -2.29. The Balaban J connectivity index is 2.24. The Morgan fingerprint density at radius 2 is 2.24 bits per heavy atom. The van der Waals surface area contributed by atoms with E-state index in [2.05, 4.69) is 9.82 Å². The van der Waals surface area contributed by atoms with E-state index >= 15 is 0 Å². The minimum Gasteiger partial charge on any atom is -0.448 e. The second kappa shape index (κ2) is 6.46. The van der Waals surface area contributed by atoms with E-state index in [4.69, 9.17) is 32.6 Å². The summed E-state index contributed by atoms with van der Waals surface area (Å²) in [5.74, 6) is -0.0445. The minimum atomic E-state index is -1.60. The summed E-state index contributed by atoms with van der Waals surface area (Å²) < 4.78 is 5.25. The first-order valence-corrected chi connectivity index (χ1v) is 6.40. The molecule has 2 heterocycles. The van der Waals surface area contributed by atoms with Gasteiger partial charge in [-0.05, 0) is 6.07 Å². The Labute approximate surface area is 125 Å². The van der Waals surface area contributed by atoms with Crippen molar-refractivity contribution in [2.24, 2.45) is 5.73 Å². The van der Waals surface area contributed by atoms with E-state index in [1.165, 1.54) is 12.3 Å². The van der Waals surface area contributed by atoms with Crippen molar-refractivity contribution in [3.05, 3.63) is 17.3 Å². The molecule has 21 heavy (non-hydrogen) atoms. The number of nitrogens with one attached hydrogen (secondary N) is 1. The molecule has 0 amide bonds. The van der Waals surface area contributed by atoms with Crippen LogP contribution < -0.4 is 15.7 Å². The number of guanidine groups is 1. The maximum Gasteiger partial charge on any atom is 0.531 e. The van der Waals surface area contributed by atoms with Crippen LogP contribution in [0.2, 0.25) is 5.02 Å². The Morgan fingerprint density at radius 3 is 2.76 bits per heavy atom. The smallest absolute Gasteiger partial charge is 0.448 e. The molecule has 0 aromatic carbocycles. The standard InChI is InChI=1S/C11H14ClN5O4/c12-8-5-7(17(10(13)14)21-11(18)19)6-15-9(8)16-1-3-20-4-2-16/h5-6H,1-4H2,(H3,13,14)(H,18,19). The predicted octanol–water partition coefficient (Wildman–Crippen LogP) is 0.881. The van der Waals surface area contributed by atoms with Gasteiger partial charge in [0.2, 0.25) is 5.96 Å². The van der Waals surface area contributed by atoms with Gasteiger partial charge < -0.3 is 20.5 Å². The fourth-order valence-corrected chi connectivity index (χ4v) is 2.14. The number of ether oxygens (including phenoxy) is 1. The van der Waals surface area contributed by atoms with Gasteiger partial charge in [0.15, 0.2) is 0 Å². The van der Waals surface area contributed by atoms with E-state index < -0.39 is 12.1 Å². The molecule has 114 valence electrons. The number of carbonyl (C=O) groups is 1. The number of hydrogen-bond acceptors (Lipinski definition) is 6. The van der Waals surface area contributed by atoms with Crippen LogP contribution in [0.1, 0.15) is 0 Å². The average Bonchev–Trinajstić information content (AvgIpc) is 2.45. The van der Waals surface area contributed by atoms with Gasteiger partial charge in [-0.2, -0.15) is 0 Å². The zero-order valence-corrected chi connectivity index (χ0v) is 11.7. The van der Waals surface area contributed by atoms with Gasteiger partial charge >= 0.3 is 6.16 Å². The van der Waals surface area contributed by atoms with E-state index in [1.807, 2.05) is 4.90 Å². The summed E-state index contributed by atoms with van der Waals surface area (Å²) in [7, 11) is 0. The first kappa shape index (κ1) is 15.1. The molecule has 1 aromatic heterocycles. The van der Waals surface area contributed by atoms with Crippen molar-refractivity contribution in [3.63, 3.8) is 0 Å². The highest BCUT2D eigenvalue weighted by Gasteiger charge is 2.20. The van der Waals surface area contributed by atoms with E-state index in [1.54, 1.807) is 0 Å². The molecule has 4 N–H and O–H groups in total. The highest BCUT2D eigenvalue weighted by molar-refractivity contribution is 6.33. The third kappa shape index (κ3) is 3.64. The van der Waals surface area contributed by atoms with Crippen LogP contribution in [0, 0.1) is 5.41 Å². The molecule has 1 saturated heterocycles. The maximum atomic E-state index is 10.6. The van der Waals surface area contributed by atoms with Gasteiger partial charge in [-0.3, -0.25) is 10.2 Å². The number of hydrogen-bond donors (Lipinski definition) is 3. The minimum absolute atomic E-state index is 0.145. The fraction of sp³-hybridized carbons (Fsp3) is 0.364. The lowest BCUT2D eigenvalue weighted by atomic mass is 10.3. The molecule has 0 saturated carbocycles. The van der Waals surface area contributed by atoms with Crippen LogP contribution in [0.4, 0.5) is 16.3 Å². The third-order valence-electron chi connectivity index (χ3n) is 2.74. The summed E-state index contributed by atoms with van der Waals surface area (Å²) in [4.78, 5) is 21.1. The van der Waals surface area contributed by atoms with Gasteiger partial charge in [0.05, 0.1) is 24.4 Å². The van der Waals surface area contributed by atoms with Crippen molar-refractivity contribution in [3.8, 4) is 0 Å². The van der Waals surface area contributed by atoms with Gasteiger partial charge in [-0.15, -0.1) is 5.06 Å². The monoisotopic (exact) mass is 315 g/mol. The van der Waals surface area contributed by atoms with Crippen molar-refractivity contribution in [1.29, 1.82) is 5.41 Å². The molecule has 0 atom stereocenters. The molecular formula is C11H14ClN5O4. The lowest BCUT2D eigenvalue weighted by Crippen LogP contribution is -2.39. The van der Waals surface area contributed by atoms with Crippen LogP contribution in [0.5, 0.6) is 0 Å². The SMILES string of the molecule is N=C(N)N(OC(=O)O)c1cnc(N2CCOCC2)c(Cl)c1. The zero-order valence-electron chi connectivity index (χ0n) is 11.0. The van der Waals surface area contributed by atoms with Crippen molar-refractivity contribution in [1.82, 2.24) is 4.98 Å². The maximum absolute atomic E-state index is 10.6. The van der Waals surface area contributed by atoms with E-state index in [9.17, 15) is 4.79 Å². The van der Waals surface area contributed by atoms with Gasteiger partial charge in [0.25, 0.3) is 0 Å². The molecular weight excluding hydrogens is 302 g/mol. The van der Waals surface area contributed by atoms with Gasteiger partial charge in [-0.1, -0.05) is 11.6 Å². The van der Waals surface area contributed by atoms with Crippen LogP contribution >= 0.6 is 11.6 Å². The number of morpholine rings is 1. The number of nitrogens with zero attached hydrogens (tertiary/aromatic N) is 3. The first-order valence-electron chi connectivity index (χ1n) is 6.02. The predicted molar refractivity (Wildman–Crippen MR) is 75.8 cm³/mol. The Morgan fingerprint density at radius 1 is 1.57 bits per heavy atom. The number of hydroxylamine groups is 1. The highest BCUT2D eigenvalue weighted by Crippen LogP contribution is 2.28. The summed E-state index contributed by atoms with van der Waals surface area (Å²) in [6, 6.07) is 1.43. The second-order valence-corrected chi connectivity index (χ2v) is 4.54. The van der Waals surface area contributed by atoms with Crippen LogP contribution in [0.15, 0.2) is 12.3 Å². The molecule has 10 heteroatoms. The largest absolute Gasteiger partial charge is 0.531 e. The Kier molecular flexibility index (Phi) is 4.66. The summed E-state index contributed by atoms with van der Waals surface area (Å²) in [6.07, 6.45) is -0.264. The Bertz CT molecular complexity index is 549. The number of rotatable bonds is 2. The fourth-order valence-electron chi connectivity index (χ4n) is 1.86. The molecule has 0 radical (unpaired) electrons. The second-order valence-electron chi connectivity index (χ2n) is 4.14. The van der Waals surface area contributed by atoms with Crippen LogP contribution in [0.25, 0.3) is 0 Å². The number of nitrogens with two attached hydrogens (primary N) is 1. The van der Waals surface area contributed by atoms with E-state index in [0.717, 1.165) is 0 Å². The van der Waals surface area contributed by atoms with Gasteiger partial charge in [-0.25, -0.2) is 9.78 Å². The Hall–Kier alpha value is -2.26. The van der Waals surface area contributed by atoms with Crippen molar-refractivity contribution in [2.45, 2.75) is 0 Å². The van der Waals surface area contributed by atoms with Crippen LogP contribution in [-0.2, 0) is 9.57 Å². The molecule has 1 aliphatic heterocycles. The summed E-state index contributed by atoms with van der Waals surface area (Å²) in [5, 5.41) is 16.9. The lowest BCUT2D eigenvalue weighted by molar-refractivity contribution is 0.0941. The summed E-state index contributed by atoms with van der Waals surface area (Å²) in [6.45, 7) is 2.49. The molecule has 0 bridgehead atoms. The van der Waals surface area contributed by atoms with Crippen LogP contribution in [0.3, 0.4) is 0 Å². The number of carboxylic acid groups (broad SMARTS) is 1.